The van der Waals surface area contributed by atoms with Gasteiger partial charge in [-0.05, 0) is 36.4 Å². The van der Waals surface area contributed by atoms with Gasteiger partial charge in [0.05, 0.1) is 24.2 Å². The Morgan fingerprint density at radius 1 is 1.04 bits per heavy atom. The van der Waals surface area contributed by atoms with Crippen molar-refractivity contribution in [1.29, 1.82) is 0 Å². The van der Waals surface area contributed by atoms with Crippen molar-refractivity contribution in [2.24, 2.45) is 0 Å². The van der Waals surface area contributed by atoms with Crippen LogP contribution in [-0.4, -0.2) is 45.2 Å². The van der Waals surface area contributed by atoms with Gasteiger partial charge in [-0.1, -0.05) is 12.1 Å². The summed E-state index contributed by atoms with van der Waals surface area (Å²) in [4.78, 5) is 23.3. The van der Waals surface area contributed by atoms with Crippen LogP contribution in [0, 0.1) is 0 Å². The highest BCUT2D eigenvalue weighted by atomic mass is 32.2. The topological polar surface area (TPSA) is 105 Å². The first kappa shape index (κ1) is 20.4. The Kier molecular flexibility index (Phi) is 6.54. The molecule has 2 N–H and O–H groups in total. The summed E-state index contributed by atoms with van der Waals surface area (Å²) in [5, 5.41) is 5.19. The number of benzene rings is 2. The first-order valence-electron chi connectivity index (χ1n) is 8.01. The predicted molar refractivity (Wildman–Crippen MR) is 102 cm³/mol. The normalized spacial score (nSPS) is 11.1. The number of sulfonamides is 1. The SMILES string of the molecule is COc1ccccc1NC(=O)CN(C)S(=O)(=O)c1ccc(NC(C)=O)cc1. The predicted octanol–water partition coefficient (Wildman–Crippen LogP) is 1.91. The molecule has 0 spiro atoms. The Labute approximate surface area is 158 Å². The van der Waals surface area contributed by atoms with Crippen LogP contribution in [0.3, 0.4) is 0 Å². The van der Waals surface area contributed by atoms with E-state index in [9.17, 15) is 18.0 Å². The molecule has 2 aromatic rings. The first-order chi connectivity index (χ1) is 12.7. The zero-order chi connectivity index (χ0) is 20.0. The lowest BCUT2D eigenvalue weighted by atomic mass is 10.3. The molecule has 0 aromatic heterocycles. The number of nitrogens with one attached hydrogen (secondary N) is 2. The van der Waals surface area contributed by atoms with Crippen molar-refractivity contribution in [1.82, 2.24) is 4.31 Å². The lowest BCUT2D eigenvalue weighted by Crippen LogP contribution is -2.35. The number of methoxy groups -OCH3 is 1. The third-order valence-corrected chi connectivity index (χ3v) is 5.45. The molecule has 0 bridgehead atoms. The van der Waals surface area contributed by atoms with Gasteiger partial charge in [-0.15, -0.1) is 0 Å². The molecule has 2 rings (SSSR count). The Morgan fingerprint density at radius 2 is 1.67 bits per heavy atom. The number of carbonyl (C=O) groups is 2. The Bertz CT molecular complexity index is 926. The number of para-hydroxylation sites is 2. The van der Waals surface area contributed by atoms with E-state index in [1.165, 1.54) is 45.3 Å². The molecule has 0 radical (unpaired) electrons. The van der Waals surface area contributed by atoms with Crippen LogP contribution in [0.15, 0.2) is 53.4 Å². The van der Waals surface area contributed by atoms with Gasteiger partial charge in [-0.3, -0.25) is 9.59 Å². The van der Waals surface area contributed by atoms with Gasteiger partial charge >= 0.3 is 0 Å². The van der Waals surface area contributed by atoms with Crippen LogP contribution < -0.4 is 15.4 Å². The summed E-state index contributed by atoms with van der Waals surface area (Å²) in [5.74, 6) is -0.277. The maximum Gasteiger partial charge on any atom is 0.243 e. The maximum absolute atomic E-state index is 12.6. The van der Waals surface area contributed by atoms with Crippen molar-refractivity contribution in [3.63, 3.8) is 0 Å². The van der Waals surface area contributed by atoms with Crippen molar-refractivity contribution >= 4 is 33.2 Å². The molecule has 0 aliphatic carbocycles. The molecule has 0 aliphatic rings. The number of amides is 2. The third kappa shape index (κ3) is 5.28. The zero-order valence-corrected chi connectivity index (χ0v) is 16.0. The molecule has 27 heavy (non-hydrogen) atoms. The van der Waals surface area contributed by atoms with Crippen molar-refractivity contribution in [2.75, 3.05) is 31.3 Å². The number of nitrogens with zero attached hydrogens (tertiary/aromatic N) is 1. The average Bonchev–Trinajstić information content (AvgIpc) is 2.62. The second-order valence-corrected chi connectivity index (χ2v) is 7.76. The smallest absolute Gasteiger partial charge is 0.243 e. The van der Waals surface area contributed by atoms with E-state index in [0.29, 0.717) is 17.1 Å². The summed E-state index contributed by atoms with van der Waals surface area (Å²) in [7, 11) is -1.06. The summed E-state index contributed by atoms with van der Waals surface area (Å²) in [6.45, 7) is 0.993. The number of carbonyl (C=O) groups excluding carboxylic acids is 2. The molecule has 144 valence electrons. The second kappa shape index (κ2) is 8.65. The van der Waals surface area contributed by atoms with Crippen molar-refractivity contribution in [3.8, 4) is 5.75 Å². The number of anilines is 2. The Morgan fingerprint density at radius 3 is 2.26 bits per heavy atom. The summed E-state index contributed by atoms with van der Waals surface area (Å²) < 4.78 is 31.3. The largest absolute Gasteiger partial charge is 0.495 e. The summed E-state index contributed by atoms with van der Waals surface area (Å²) in [6.07, 6.45) is 0. The zero-order valence-electron chi connectivity index (χ0n) is 15.2. The highest BCUT2D eigenvalue weighted by Gasteiger charge is 2.23. The lowest BCUT2D eigenvalue weighted by Gasteiger charge is -2.17. The summed E-state index contributed by atoms with van der Waals surface area (Å²) in [6, 6.07) is 12.5. The average molecular weight is 391 g/mol. The lowest BCUT2D eigenvalue weighted by molar-refractivity contribution is -0.116. The van der Waals surface area contributed by atoms with Gasteiger partial charge < -0.3 is 15.4 Å². The molecule has 2 amide bonds. The van der Waals surface area contributed by atoms with E-state index in [0.717, 1.165) is 4.31 Å². The fraction of sp³-hybridized carbons (Fsp3) is 0.222. The number of likely N-dealkylation sites (N-methyl/N-ethyl adjacent to an activating group) is 1. The number of hydrogen-bond donors (Lipinski definition) is 2. The van der Waals surface area contributed by atoms with E-state index in [1.54, 1.807) is 24.3 Å². The quantitative estimate of drug-likeness (QED) is 0.750. The standard InChI is InChI=1S/C18H21N3O5S/c1-13(22)19-14-8-10-15(11-9-14)27(24,25)21(2)12-18(23)20-16-6-4-5-7-17(16)26-3/h4-11H,12H2,1-3H3,(H,19,22)(H,20,23). The van der Waals surface area contributed by atoms with Crippen LogP contribution in [0.4, 0.5) is 11.4 Å². The summed E-state index contributed by atoms with van der Waals surface area (Å²) >= 11 is 0. The van der Waals surface area contributed by atoms with Crippen LogP contribution in [0.2, 0.25) is 0 Å². The molecule has 0 heterocycles. The fourth-order valence-corrected chi connectivity index (χ4v) is 3.45. The van der Waals surface area contributed by atoms with E-state index in [4.69, 9.17) is 4.74 Å². The highest BCUT2D eigenvalue weighted by Crippen LogP contribution is 2.23. The molecule has 8 nitrogen and oxygen atoms in total. The van der Waals surface area contributed by atoms with Gasteiger partial charge in [0.2, 0.25) is 21.8 Å². The molecule has 9 heteroatoms. The Hall–Kier alpha value is -2.91. The minimum atomic E-state index is -3.86. The number of rotatable bonds is 7. The van der Waals surface area contributed by atoms with Gasteiger partial charge in [0.1, 0.15) is 5.75 Å². The van der Waals surface area contributed by atoms with Gasteiger partial charge in [-0.25, -0.2) is 8.42 Å². The van der Waals surface area contributed by atoms with Crippen LogP contribution in [0.1, 0.15) is 6.92 Å². The molecule has 2 aromatic carbocycles. The van der Waals surface area contributed by atoms with E-state index >= 15 is 0 Å². The van der Waals surface area contributed by atoms with Gasteiger partial charge in [-0.2, -0.15) is 4.31 Å². The van der Waals surface area contributed by atoms with Gasteiger partial charge in [0, 0.05) is 19.7 Å². The third-order valence-electron chi connectivity index (χ3n) is 3.63. The monoisotopic (exact) mass is 391 g/mol. The molecule has 0 saturated heterocycles. The van der Waals surface area contributed by atoms with E-state index < -0.39 is 15.9 Å². The molecular weight excluding hydrogens is 370 g/mol. The highest BCUT2D eigenvalue weighted by molar-refractivity contribution is 7.89. The summed E-state index contributed by atoms with van der Waals surface area (Å²) in [5.41, 5.74) is 0.938. The van der Waals surface area contributed by atoms with Crippen molar-refractivity contribution < 1.29 is 22.7 Å². The van der Waals surface area contributed by atoms with Crippen molar-refractivity contribution in [3.05, 3.63) is 48.5 Å². The molecular formula is C18H21N3O5S. The van der Waals surface area contributed by atoms with Crippen LogP contribution in [0.25, 0.3) is 0 Å². The first-order valence-corrected chi connectivity index (χ1v) is 9.45. The van der Waals surface area contributed by atoms with Crippen LogP contribution >= 0.6 is 0 Å². The molecule has 0 fully saturated rings. The molecule has 0 unspecified atom stereocenters. The van der Waals surface area contributed by atoms with Gasteiger partial charge in [0.25, 0.3) is 0 Å². The van der Waals surface area contributed by atoms with Crippen molar-refractivity contribution in [2.45, 2.75) is 11.8 Å². The maximum atomic E-state index is 12.6. The minimum Gasteiger partial charge on any atom is -0.495 e. The minimum absolute atomic E-state index is 0.0178. The van der Waals surface area contributed by atoms with E-state index in [2.05, 4.69) is 10.6 Å². The number of hydrogen-bond acceptors (Lipinski definition) is 5. The van der Waals surface area contributed by atoms with E-state index in [-0.39, 0.29) is 17.3 Å². The molecule has 0 saturated carbocycles. The fourth-order valence-electron chi connectivity index (χ4n) is 2.32. The van der Waals surface area contributed by atoms with Gasteiger partial charge in [0.15, 0.2) is 0 Å². The van der Waals surface area contributed by atoms with E-state index in [1.807, 2.05) is 0 Å². The second-order valence-electron chi connectivity index (χ2n) is 5.72. The van der Waals surface area contributed by atoms with Crippen LogP contribution in [-0.2, 0) is 19.6 Å². The Balaban J connectivity index is 2.08. The number of ether oxygens (including phenoxy) is 1. The van der Waals surface area contributed by atoms with Crippen LogP contribution in [0.5, 0.6) is 5.75 Å². The molecule has 0 atom stereocenters. The molecule has 0 aliphatic heterocycles.